The maximum atomic E-state index is 13.4. The van der Waals surface area contributed by atoms with E-state index in [-0.39, 0.29) is 11.6 Å². The molecule has 4 heteroatoms. The summed E-state index contributed by atoms with van der Waals surface area (Å²) in [4.78, 5) is 0. The van der Waals surface area contributed by atoms with Gasteiger partial charge in [-0.05, 0) is 36.2 Å². The maximum Gasteiger partial charge on any atom is 0.412 e. The molecule has 0 fully saturated rings. The van der Waals surface area contributed by atoms with Crippen molar-refractivity contribution in [3.05, 3.63) is 76.9 Å². The van der Waals surface area contributed by atoms with Gasteiger partial charge in [-0.25, -0.2) is 4.39 Å². The van der Waals surface area contributed by atoms with E-state index in [0.717, 1.165) is 18.4 Å². The highest BCUT2D eigenvalue weighted by atomic mass is 19.4. The third kappa shape index (κ3) is 5.58. The molecule has 2 aromatic carbocycles. The second-order valence-corrected chi connectivity index (χ2v) is 5.31. The lowest BCUT2D eigenvalue weighted by atomic mass is 10.1. The monoisotopic (exact) mass is 332 g/mol. The fourth-order valence-corrected chi connectivity index (χ4v) is 2.13. The van der Waals surface area contributed by atoms with E-state index in [9.17, 15) is 17.6 Å². The summed E-state index contributed by atoms with van der Waals surface area (Å²) >= 11 is 0. The van der Waals surface area contributed by atoms with Crippen molar-refractivity contribution in [2.75, 3.05) is 0 Å². The van der Waals surface area contributed by atoms with Crippen LogP contribution >= 0.6 is 0 Å². The van der Waals surface area contributed by atoms with Gasteiger partial charge >= 0.3 is 6.18 Å². The Hall–Kier alpha value is -2.54. The Balaban J connectivity index is 2.11. The van der Waals surface area contributed by atoms with Gasteiger partial charge in [0.1, 0.15) is 5.83 Å². The standard InChI is InChI=1S/C20H16F4/c1-2-3-15-4-6-16(7-5-15)8-9-17-10-12-18(13-11-17)19(21)14-20(22,23)24/h4-7,10-14H,2-3H2,1H3. The first-order chi connectivity index (χ1) is 11.4. The average molecular weight is 332 g/mol. The van der Waals surface area contributed by atoms with Gasteiger partial charge in [0, 0.05) is 16.7 Å². The molecule has 0 N–H and O–H groups in total. The highest BCUT2D eigenvalue weighted by Crippen LogP contribution is 2.25. The van der Waals surface area contributed by atoms with E-state index >= 15 is 0 Å². The fraction of sp³-hybridized carbons (Fsp3) is 0.200. The molecule has 0 bridgehead atoms. The third-order valence-electron chi connectivity index (χ3n) is 3.29. The predicted molar refractivity (Wildman–Crippen MR) is 88.0 cm³/mol. The Kier molecular flexibility index (Phi) is 5.81. The predicted octanol–water partition coefficient (Wildman–Crippen LogP) is 5.91. The molecule has 0 nitrogen and oxygen atoms in total. The molecule has 2 rings (SSSR count). The lowest BCUT2D eigenvalue weighted by molar-refractivity contribution is -0.0798. The van der Waals surface area contributed by atoms with E-state index in [1.54, 1.807) is 0 Å². The van der Waals surface area contributed by atoms with Crippen LogP contribution in [0.5, 0.6) is 0 Å². The number of hydrogen-bond donors (Lipinski definition) is 0. The summed E-state index contributed by atoms with van der Waals surface area (Å²) in [6, 6.07) is 13.5. The normalized spacial score (nSPS) is 11.8. The van der Waals surface area contributed by atoms with Crippen molar-refractivity contribution < 1.29 is 17.6 Å². The van der Waals surface area contributed by atoms with Crippen LogP contribution in [0.4, 0.5) is 17.6 Å². The van der Waals surface area contributed by atoms with Crippen LogP contribution in [0.25, 0.3) is 5.83 Å². The Morgan fingerprint density at radius 2 is 1.42 bits per heavy atom. The van der Waals surface area contributed by atoms with Crippen LogP contribution in [0.1, 0.15) is 35.6 Å². The molecular formula is C20H16F4. The van der Waals surface area contributed by atoms with Crippen LogP contribution in [0.3, 0.4) is 0 Å². The molecule has 0 aromatic heterocycles. The summed E-state index contributed by atoms with van der Waals surface area (Å²) in [6.45, 7) is 2.12. The van der Waals surface area contributed by atoms with E-state index in [0.29, 0.717) is 5.56 Å². The molecule has 0 aliphatic heterocycles. The molecule has 0 amide bonds. The Morgan fingerprint density at radius 3 is 1.88 bits per heavy atom. The van der Waals surface area contributed by atoms with Crippen LogP contribution in [-0.4, -0.2) is 6.18 Å². The quantitative estimate of drug-likeness (QED) is 0.484. The number of benzene rings is 2. The molecule has 0 saturated heterocycles. The first-order valence-electron chi connectivity index (χ1n) is 7.54. The number of alkyl halides is 3. The molecule has 0 aliphatic rings. The second-order valence-electron chi connectivity index (χ2n) is 5.31. The maximum absolute atomic E-state index is 13.4. The van der Waals surface area contributed by atoms with E-state index in [2.05, 4.69) is 18.8 Å². The summed E-state index contributed by atoms with van der Waals surface area (Å²) in [5.74, 6) is 4.58. The molecule has 0 radical (unpaired) electrons. The van der Waals surface area contributed by atoms with E-state index < -0.39 is 12.0 Å². The fourth-order valence-electron chi connectivity index (χ4n) is 2.13. The van der Waals surface area contributed by atoms with Crippen molar-refractivity contribution >= 4 is 5.83 Å². The summed E-state index contributed by atoms with van der Waals surface area (Å²) in [5, 5.41) is 0. The molecule has 0 atom stereocenters. The molecule has 0 unspecified atom stereocenters. The summed E-state index contributed by atoms with van der Waals surface area (Å²) in [7, 11) is 0. The van der Waals surface area contributed by atoms with Crippen molar-refractivity contribution in [3.8, 4) is 11.8 Å². The minimum absolute atomic E-state index is 0.123. The number of rotatable bonds is 3. The zero-order chi connectivity index (χ0) is 17.6. The van der Waals surface area contributed by atoms with Gasteiger partial charge in [-0.1, -0.05) is 49.5 Å². The molecule has 2 aromatic rings. The molecule has 0 aliphatic carbocycles. The molecule has 0 spiro atoms. The largest absolute Gasteiger partial charge is 0.412 e. The highest BCUT2D eigenvalue weighted by molar-refractivity contribution is 5.60. The van der Waals surface area contributed by atoms with Crippen LogP contribution in [0, 0.1) is 11.8 Å². The Labute approximate surface area is 138 Å². The summed E-state index contributed by atoms with van der Waals surface area (Å²) in [6.07, 6.45) is -2.93. The highest BCUT2D eigenvalue weighted by Gasteiger charge is 2.25. The van der Waals surface area contributed by atoms with Crippen LogP contribution in [0.15, 0.2) is 54.6 Å². The van der Waals surface area contributed by atoms with E-state index in [4.69, 9.17) is 0 Å². The van der Waals surface area contributed by atoms with Gasteiger partial charge in [0.05, 0.1) is 6.08 Å². The van der Waals surface area contributed by atoms with Gasteiger partial charge < -0.3 is 0 Å². The van der Waals surface area contributed by atoms with E-state index in [1.165, 1.54) is 29.8 Å². The van der Waals surface area contributed by atoms with Crippen molar-refractivity contribution in [1.29, 1.82) is 0 Å². The van der Waals surface area contributed by atoms with Crippen molar-refractivity contribution in [1.82, 2.24) is 0 Å². The molecule has 124 valence electrons. The molecule has 0 heterocycles. The van der Waals surface area contributed by atoms with Crippen molar-refractivity contribution in [2.24, 2.45) is 0 Å². The van der Waals surface area contributed by atoms with Gasteiger partial charge in [-0.15, -0.1) is 0 Å². The summed E-state index contributed by atoms with van der Waals surface area (Å²) in [5.41, 5.74) is 2.58. The SMILES string of the molecule is CCCc1ccc(C#Cc2ccc(C(F)=CC(F)(F)F)cc2)cc1. The number of aryl methyl sites for hydroxylation is 1. The number of hydrogen-bond acceptors (Lipinski definition) is 0. The van der Waals surface area contributed by atoms with Crippen LogP contribution < -0.4 is 0 Å². The lowest BCUT2D eigenvalue weighted by Gasteiger charge is -2.01. The van der Waals surface area contributed by atoms with Crippen molar-refractivity contribution in [3.63, 3.8) is 0 Å². The van der Waals surface area contributed by atoms with E-state index in [1.807, 2.05) is 24.3 Å². The number of allylic oxidation sites excluding steroid dienone is 1. The van der Waals surface area contributed by atoms with Gasteiger partial charge in [-0.2, -0.15) is 13.2 Å². The first-order valence-corrected chi connectivity index (χ1v) is 7.54. The molecule has 24 heavy (non-hydrogen) atoms. The van der Waals surface area contributed by atoms with Gasteiger partial charge in [0.25, 0.3) is 0 Å². The third-order valence-corrected chi connectivity index (χ3v) is 3.29. The van der Waals surface area contributed by atoms with Gasteiger partial charge in [0.15, 0.2) is 0 Å². The zero-order valence-electron chi connectivity index (χ0n) is 13.1. The second kappa shape index (κ2) is 7.83. The zero-order valence-corrected chi connectivity index (χ0v) is 13.1. The van der Waals surface area contributed by atoms with Crippen LogP contribution in [0.2, 0.25) is 0 Å². The Morgan fingerprint density at radius 1 is 0.917 bits per heavy atom. The topological polar surface area (TPSA) is 0 Å². The minimum atomic E-state index is -4.67. The lowest BCUT2D eigenvalue weighted by Crippen LogP contribution is -2.01. The molecular weight excluding hydrogens is 316 g/mol. The first kappa shape index (κ1) is 17.8. The molecule has 0 saturated carbocycles. The van der Waals surface area contributed by atoms with Gasteiger partial charge in [0.2, 0.25) is 0 Å². The van der Waals surface area contributed by atoms with Crippen LogP contribution in [-0.2, 0) is 6.42 Å². The minimum Gasteiger partial charge on any atom is -0.206 e. The smallest absolute Gasteiger partial charge is 0.206 e. The van der Waals surface area contributed by atoms with Gasteiger partial charge in [-0.3, -0.25) is 0 Å². The summed E-state index contributed by atoms with van der Waals surface area (Å²) < 4.78 is 49.8. The average Bonchev–Trinajstić information content (AvgIpc) is 2.53. The van der Waals surface area contributed by atoms with Crippen molar-refractivity contribution in [2.45, 2.75) is 25.9 Å². The number of halogens is 4. The Bertz CT molecular complexity index is 755.